The van der Waals surface area contributed by atoms with Crippen LogP contribution in [0.15, 0.2) is 22.2 Å². The summed E-state index contributed by atoms with van der Waals surface area (Å²) in [4.78, 5) is 40.1. The Morgan fingerprint density at radius 3 is 2.71 bits per heavy atom. The van der Waals surface area contributed by atoms with Gasteiger partial charge in [0.1, 0.15) is 11.6 Å². The number of aliphatic carboxylic acids is 1. The number of nitrogens with zero attached hydrogens (tertiary/aromatic N) is 1. The second-order valence-corrected chi connectivity index (χ2v) is 6.10. The summed E-state index contributed by atoms with van der Waals surface area (Å²) in [7, 11) is 0. The highest BCUT2D eigenvalue weighted by Gasteiger charge is 2.24. The van der Waals surface area contributed by atoms with Crippen molar-refractivity contribution in [2.75, 3.05) is 5.75 Å². The molecule has 0 unspecified atom stereocenters. The molecule has 21 heavy (non-hydrogen) atoms. The summed E-state index contributed by atoms with van der Waals surface area (Å²) in [6.45, 7) is 5.03. The minimum Gasteiger partial charge on any atom is -0.480 e. The zero-order valence-corrected chi connectivity index (χ0v) is 12.7. The molecule has 116 valence electrons. The lowest BCUT2D eigenvalue weighted by atomic mass is 10.2. The molecule has 0 spiro atoms. The fourth-order valence-electron chi connectivity index (χ4n) is 1.21. The van der Waals surface area contributed by atoms with Crippen molar-refractivity contribution in [1.29, 1.82) is 0 Å². The van der Waals surface area contributed by atoms with Crippen molar-refractivity contribution in [2.45, 2.75) is 37.6 Å². The van der Waals surface area contributed by atoms with E-state index in [1.54, 1.807) is 20.8 Å². The standard InChI is InChI=1S/C12H17N3O5S/c1-12(2,3)20-11(19)14-7(9(17)18)6-21-10-13-5-4-8(16)15-10/h4-5,7H,6H2,1-3H3,(H,14,19)(H,17,18)(H,13,15,16)/t7-/m0/s1. The van der Waals surface area contributed by atoms with Gasteiger partial charge in [-0.2, -0.15) is 0 Å². The Labute approximate surface area is 125 Å². The molecule has 8 nitrogen and oxygen atoms in total. The van der Waals surface area contributed by atoms with Crippen molar-refractivity contribution < 1.29 is 19.4 Å². The third-order valence-corrected chi connectivity index (χ3v) is 3.00. The van der Waals surface area contributed by atoms with E-state index in [1.807, 2.05) is 0 Å². The van der Waals surface area contributed by atoms with Crippen LogP contribution in [-0.2, 0) is 9.53 Å². The molecule has 0 aliphatic rings. The minimum absolute atomic E-state index is 0.00152. The normalized spacial score (nSPS) is 12.5. The Balaban J connectivity index is 2.60. The molecular weight excluding hydrogens is 298 g/mol. The van der Waals surface area contributed by atoms with Gasteiger partial charge in [-0.1, -0.05) is 11.8 Å². The second-order valence-electron chi connectivity index (χ2n) is 5.09. The number of ether oxygens (including phenoxy) is 1. The molecule has 0 bridgehead atoms. The number of amides is 1. The average Bonchev–Trinajstić information content (AvgIpc) is 2.32. The highest BCUT2D eigenvalue weighted by molar-refractivity contribution is 7.99. The molecule has 3 N–H and O–H groups in total. The number of hydrogen-bond donors (Lipinski definition) is 3. The second kappa shape index (κ2) is 7.11. The molecule has 9 heteroatoms. The van der Waals surface area contributed by atoms with Gasteiger partial charge < -0.3 is 20.1 Å². The Hall–Kier alpha value is -2.03. The molecule has 1 rings (SSSR count). The van der Waals surface area contributed by atoms with Crippen LogP contribution in [0, 0.1) is 0 Å². The van der Waals surface area contributed by atoms with E-state index in [0.717, 1.165) is 11.8 Å². The SMILES string of the molecule is CC(C)(C)OC(=O)N[C@@H](CSc1nccc(=O)[nH]1)C(=O)O. The fourth-order valence-corrected chi connectivity index (χ4v) is 2.07. The summed E-state index contributed by atoms with van der Waals surface area (Å²) >= 11 is 1.01. The molecule has 1 aromatic rings. The Morgan fingerprint density at radius 1 is 1.52 bits per heavy atom. The number of alkyl carbamates (subject to hydrolysis) is 1. The molecule has 0 aliphatic carbocycles. The monoisotopic (exact) mass is 315 g/mol. The largest absolute Gasteiger partial charge is 0.480 e. The highest BCUT2D eigenvalue weighted by atomic mass is 32.2. The van der Waals surface area contributed by atoms with E-state index in [0.29, 0.717) is 0 Å². The van der Waals surface area contributed by atoms with Crippen LogP contribution in [0.2, 0.25) is 0 Å². The molecule has 0 saturated heterocycles. The Morgan fingerprint density at radius 2 is 2.19 bits per heavy atom. The summed E-state index contributed by atoms with van der Waals surface area (Å²) in [5.74, 6) is -1.20. The first-order valence-electron chi connectivity index (χ1n) is 6.08. The summed E-state index contributed by atoms with van der Waals surface area (Å²) in [6.07, 6.45) is 0.503. The highest BCUT2D eigenvalue weighted by Crippen LogP contribution is 2.12. The van der Waals surface area contributed by atoms with Gasteiger partial charge in [-0.25, -0.2) is 14.6 Å². The lowest BCUT2D eigenvalue weighted by Crippen LogP contribution is -2.44. The van der Waals surface area contributed by atoms with Crippen LogP contribution in [-0.4, -0.2) is 44.5 Å². The first-order chi connectivity index (χ1) is 9.67. The zero-order chi connectivity index (χ0) is 16.0. The molecule has 1 atom stereocenters. The third kappa shape index (κ3) is 6.80. The number of rotatable bonds is 5. The van der Waals surface area contributed by atoms with Gasteiger partial charge in [-0.3, -0.25) is 4.79 Å². The number of thioether (sulfide) groups is 1. The fraction of sp³-hybridized carbons (Fsp3) is 0.500. The van der Waals surface area contributed by atoms with E-state index in [4.69, 9.17) is 9.84 Å². The van der Waals surface area contributed by atoms with E-state index < -0.39 is 23.7 Å². The maximum Gasteiger partial charge on any atom is 0.408 e. The van der Waals surface area contributed by atoms with Crippen molar-refractivity contribution in [1.82, 2.24) is 15.3 Å². The van der Waals surface area contributed by atoms with Crippen LogP contribution in [0.3, 0.4) is 0 Å². The number of carboxylic acids is 1. The number of nitrogens with one attached hydrogen (secondary N) is 2. The van der Waals surface area contributed by atoms with E-state index in [9.17, 15) is 14.4 Å². The van der Waals surface area contributed by atoms with Crippen LogP contribution in [0.1, 0.15) is 20.8 Å². The van der Waals surface area contributed by atoms with Gasteiger partial charge in [0.2, 0.25) is 0 Å². The molecular formula is C12H17N3O5S. The molecule has 0 aliphatic heterocycles. The molecule has 0 saturated carbocycles. The summed E-state index contributed by atoms with van der Waals surface area (Å²) < 4.78 is 4.99. The predicted molar refractivity (Wildman–Crippen MR) is 76.4 cm³/mol. The van der Waals surface area contributed by atoms with E-state index in [-0.39, 0.29) is 16.5 Å². The summed E-state index contributed by atoms with van der Waals surface area (Å²) in [5, 5.41) is 11.6. The maximum absolute atomic E-state index is 11.6. The van der Waals surface area contributed by atoms with Crippen LogP contribution in [0.25, 0.3) is 0 Å². The van der Waals surface area contributed by atoms with Crippen LogP contribution in [0.4, 0.5) is 4.79 Å². The number of aromatic amines is 1. The van der Waals surface area contributed by atoms with Gasteiger partial charge >= 0.3 is 12.1 Å². The number of H-pyrrole nitrogens is 1. The van der Waals surface area contributed by atoms with Gasteiger partial charge in [0.05, 0.1) is 0 Å². The Kier molecular flexibility index (Phi) is 5.77. The number of carbonyl (C=O) groups excluding carboxylic acids is 1. The van der Waals surface area contributed by atoms with Crippen LogP contribution in [0.5, 0.6) is 0 Å². The van der Waals surface area contributed by atoms with Gasteiger partial charge in [-0.05, 0) is 20.8 Å². The van der Waals surface area contributed by atoms with Crippen molar-refractivity contribution >= 4 is 23.8 Å². The lowest BCUT2D eigenvalue weighted by molar-refractivity contribution is -0.138. The minimum atomic E-state index is -1.20. The molecule has 1 amide bonds. The maximum atomic E-state index is 11.6. The summed E-state index contributed by atoms with van der Waals surface area (Å²) in [5.41, 5.74) is -1.05. The van der Waals surface area contributed by atoms with Crippen molar-refractivity contribution in [3.8, 4) is 0 Å². The smallest absolute Gasteiger partial charge is 0.408 e. The van der Waals surface area contributed by atoms with Crippen molar-refractivity contribution in [2.24, 2.45) is 0 Å². The van der Waals surface area contributed by atoms with Crippen molar-refractivity contribution in [3.63, 3.8) is 0 Å². The van der Waals surface area contributed by atoms with Gasteiger partial charge in [0.15, 0.2) is 5.16 Å². The molecule has 0 radical (unpaired) electrons. The quantitative estimate of drug-likeness (QED) is 0.543. The van der Waals surface area contributed by atoms with E-state index >= 15 is 0 Å². The first kappa shape index (κ1) is 17.0. The number of aromatic nitrogens is 2. The van der Waals surface area contributed by atoms with E-state index in [1.165, 1.54) is 12.3 Å². The van der Waals surface area contributed by atoms with E-state index in [2.05, 4.69) is 15.3 Å². The third-order valence-electron chi connectivity index (χ3n) is 2.02. The van der Waals surface area contributed by atoms with Crippen molar-refractivity contribution in [3.05, 3.63) is 22.6 Å². The molecule has 0 aromatic carbocycles. The lowest BCUT2D eigenvalue weighted by Gasteiger charge is -2.21. The first-order valence-corrected chi connectivity index (χ1v) is 7.06. The predicted octanol–water partition coefficient (Wildman–Crippen LogP) is 0.840. The molecule has 1 aromatic heterocycles. The van der Waals surface area contributed by atoms with Gasteiger partial charge in [0.25, 0.3) is 5.56 Å². The average molecular weight is 315 g/mol. The number of hydrogen-bond acceptors (Lipinski definition) is 6. The number of carboxylic acid groups (broad SMARTS) is 1. The Bertz CT molecular complexity index is 567. The van der Waals surface area contributed by atoms with Crippen LogP contribution < -0.4 is 10.9 Å². The van der Waals surface area contributed by atoms with Gasteiger partial charge in [0, 0.05) is 18.0 Å². The number of carbonyl (C=O) groups is 2. The topological polar surface area (TPSA) is 121 Å². The zero-order valence-electron chi connectivity index (χ0n) is 11.9. The van der Waals surface area contributed by atoms with Crippen LogP contribution >= 0.6 is 11.8 Å². The van der Waals surface area contributed by atoms with Gasteiger partial charge in [-0.15, -0.1) is 0 Å². The molecule has 0 fully saturated rings. The summed E-state index contributed by atoms with van der Waals surface area (Å²) in [6, 6.07) is 0.0906. The molecule has 1 heterocycles.